The van der Waals surface area contributed by atoms with E-state index in [2.05, 4.69) is 27.6 Å². The summed E-state index contributed by atoms with van der Waals surface area (Å²) in [4.78, 5) is 0.349. The molecule has 1 aliphatic carbocycles. The van der Waals surface area contributed by atoms with Gasteiger partial charge in [0.1, 0.15) is 0 Å². The van der Waals surface area contributed by atoms with E-state index in [4.69, 9.17) is 0 Å². The zero-order chi connectivity index (χ0) is 13.3. The molecule has 3 nitrogen and oxygen atoms in total. The van der Waals surface area contributed by atoms with Gasteiger partial charge in [0.15, 0.2) is 0 Å². The Labute approximate surface area is 117 Å². The quantitative estimate of drug-likeness (QED) is 0.924. The number of aryl methyl sites for hydroxylation is 1. The van der Waals surface area contributed by atoms with E-state index < -0.39 is 10.0 Å². The van der Waals surface area contributed by atoms with E-state index in [1.165, 1.54) is 0 Å². The largest absolute Gasteiger partial charge is 0.240 e. The van der Waals surface area contributed by atoms with Crippen molar-refractivity contribution in [2.24, 2.45) is 5.92 Å². The van der Waals surface area contributed by atoms with E-state index in [0.29, 0.717) is 10.8 Å². The van der Waals surface area contributed by atoms with E-state index in [0.717, 1.165) is 29.3 Å². The molecule has 0 saturated heterocycles. The number of sulfonamides is 1. The third-order valence-electron chi connectivity index (χ3n) is 3.61. The molecule has 2 unspecified atom stereocenters. The van der Waals surface area contributed by atoms with Crippen molar-refractivity contribution < 1.29 is 8.42 Å². The first kappa shape index (κ1) is 14.0. The Morgan fingerprint density at radius 1 is 1.33 bits per heavy atom. The molecule has 0 aliphatic heterocycles. The fourth-order valence-electron chi connectivity index (χ4n) is 2.37. The summed E-state index contributed by atoms with van der Waals surface area (Å²) in [6.07, 6.45) is 3.15. The second kappa shape index (κ2) is 5.31. The van der Waals surface area contributed by atoms with Crippen LogP contribution in [0.25, 0.3) is 0 Å². The van der Waals surface area contributed by atoms with Gasteiger partial charge in [0.05, 0.1) is 4.90 Å². The standard InChI is InChI=1S/C13H18BrNO2S/c1-9-4-3-5-13(9)15-18(16,17)11-6-7-12(14)10(2)8-11/h6-9,13,15H,3-5H2,1-2H3. The van der Waals surface area contributed by atoms with Crippen molar-refractivity contribution in [2.75, 3.05) is 0 Å². The molecule has 0 amide bonds. The maximum atomic E-state index is 12.3. The molecule has 1 N–H and O–H groups in total. The number of rotatable bonds is 3. The highest BCUT2D eigenvalue weighted by Crippen LogP contribution is 2.27. The molecule has 2 atom stereocenters. The predicted octanol–water partition coefficient (Wildman–Crippen LogP) is 3.22. The van der Waals surface area contributed by atoms with Gasteiger partial charge in [0.25, 0.3) is 0 Å². The third kappa shape index (κ3) is 2.95. The van der Waals surface area contributed by atoms with Crippen molar-refractivity contribution in [3.05, 3.63) is 28.2 Å². The van der Waals surface area contributed by atoms with Crippen molar-refractivity contribution in [1.29, 1.82) is 0 Å². The molecule has 5 heteroatoms. The molecule has 0 bridgehead atoms. The molecule has 1 aromatic rings. The summed E-state index contributed by atoms with van der Waals surface area (Å²) < 4.78 is 28.3. The summed E-state index contributed by atoms with van der Waals surface area (Å²) in [5.41, 5.74) is 0.928. The third-order valence-corrected chi connectivity index (χ3v) is 5.99. The van der Waals surface area contributed by atoms with E-state index in [1.807, 2.05) is 6.92 Å². The number of nitrogens with one attached hydrogen (secondary N) is 1. The summed E-state index contributed by atoms with van der Waals surface area (Å²) in [7, 11) is -3.39. The fraction of sp³-hybridized carbons (Fsp3) is 0.538. The molecule has 0 radical (unpaired) electrons. The second-order valence-corrected chi connectivity index (χ2v) is 7.62. The zero-order valence-corrected chi connectivity index (χ0v) is 13.0. The highest BCUT2D eigenvalue weighted by Gasteiger charge is 2.28. The van der Waals surface area contributed by atoms with Gasteiger partial charge < -0.3 is 0 Å². The average Bonchev–Trinajstić information content (AvgIpc) is 2.67. The van der Waals surface area contributed by atoms with Crippen molar-refractivity contribution >= 4 is 26.0 Å². The molecule has 0 spiro atoms. The summed E-state index contributed by atoms with van der Waals surface area (Å²) in [6, 6.07) is 5.20. The lowest BCUT2D eigenvalue weighted by atomic mass is 10.1. The molecule has 2 rings (SSSR count). The van der Waals surface area contributed by atoms with Crippen molar-refractivity contribution in [3.8, 4) is 0 Å². The molecule has 0 heterocycles. The number of benzene rings is 1. The first-order chi connectivity index (χ1) is 8.40. The SMILES string of the molecule is Cc1cc(S(=O)(=O)NC2CCCC2C)ccc1Br. The first-order valence-electron chi connectivity index (χ1n) is 6.18. The van der Waals surface area contributed by atoms with Crippen LogP contribution in [-0.4, -0.2) is 14.5 Å². The molecule has 1 fully saturated rings. The molecule has 1 saturated carbocycles. The van der Waals surface area contributed by atoms with Gasteiger partial charge >= 0.3 is 0 Å². The minimum atomic E-state index is -3.39. The van der Waals surface area contributed by atoms with Crippen LogP contribution in [0, 0.1) is 12.8 Å². The van der Waals surface area contributed by atoms with Crippen molar-refractivity contribution in [3.63, 3.8) is 0 Å². The van der Waals surface area contributed by atoms with E-state index in [1.54, 1.807) is 18.2 Å². The van der Waals surface area contributed by atoms with E-state index in [-0.39, 0.29) is 6.04 Å². The van der Waals surface area contributed by atoms with Gasteiger partial charge in [-0.3, -0.25) is 0 Å². The first-order valence-corrected chi connectivity index (χ1v) is 8.46. The fourth-order valence-corrected chi connectivity index (χ4v) is 4.08. The van der Waals surface area contributed by atoms with Gasteiger partial charge in [-0.2, -0.15) is 0 Å². The molecule has 0 aromatic heterocycles. The van der Waals surface area contributed by atoms with E-state index in [9.17, 15) is 8.42 Å². The van der Waals surface area contributed by atoms with Crippen LogP contribution in [0.5, 0.6) is 0 Å². The van der Waals surface area contributed by atoms with Crippen LogP contribution in [-0.2, 0) is 10.0 Å². The highest BCUT2D eigenvalue weighted by atomic mass is 79.9. The lowest BCUT2D eigenvalue weighted by Gasteiger charge is -2.17. The summed E-state index contributed by atoms with van der Waals surface area (Å²) in [5, 5.41) is 0. The predicted molar refractivity (Wildman–Crippen MR) is 76.0 cm³/mol. The van der Waals surface area contributed by atoms with Gasteiger partial charge in [0.2, 0.25) is 10.0 Å². The summed E-state index contributed by atoms with van der Waals surface area (Å²) in [6.45, 7) is 3.99. The normalized spacial score (nSPS) is 24.4. The van der Waals surface area contributed by atoms with Crippen molar-refractivity contribution in [1.82, 2.24) is 4.72 Å². The Kier molecular flexibility index (Phi) is 4.14. The molecular weight excluding hydrogens is 314 g/mol. The second-order valence-electron chi connectivity index (χ2n) is 5.05. The van der Waals surface area contributed by atoms with Gasteiger partial charge in [-0.05, 0) is 49.4 Å². The van der Waals surface area contributed by atoms with Crippen LogP contribution in [0.4, 0.5) is 0 Å². The Morgan fingerprint density at radius 2 is 2.06 bits per heavy atom. The summed E-state index contributed by atoms with van der Waals surface area (Å²) >= 11 is 3.38. The minimum absolute atomic E-state index is 0.0824. The highest BCUT2D eigenvalue weighted by molar-refractivity contribution is 9.10. The lowest BCUT2D eigenvalue weighted by molar-refractivity contribution is 0.476. The van der Waals surface area contributed by atoms with Gasteiger partial charge in [-0.1, -0.05) is 29.3 Å². The van der Waals surface area contributed by atoms with Crippen LogP contribution in [0.3, 0.4) is 0 Å². The molecule has 100 valence electrons. The maximum Gasteiger partial charge on any atom is 0.240 e. The Hall–Kier alpha value is -0.390. The molecule has 18 heavy (non-hydrogen) atoms. The van der Waals surface area contributed by atoms with Crippen LogP contribution in [0.15, 0.2) is 27.6 Å². The molecule has 1 aliphatic rings. The Morgan fingerprint density at radius 3 is 2.61 bits per heavy atom. The maximum absolute atomic E-state index is 12.3. The van der Waals surface area contributed by atoms with Crippen LogP contribution in [0.1, 0.15) is 31.7 Å². The van der Waals surface area contributed by atoms with Gasteiger partial charge in [-0.15, -0.1) is 0 Å². The lowest BCUT2D eigenvalue weighted by Crippen LogP contribution is -2.36. The van der Waals surface area contributed by atoms with Crippen LogP contribution < -0.4 is 4.72 Å². The molecular formula is C13H18BrNO2S. The smallest absolute Gasteiger partial charge is 0.208 e. The van der Waals surface area contributed by atoms with Crippen LogP contribution >= 0.6 is 15.9 Å². The van der Waals surface area contributed by atoms with Crippen molar-refractivity contribution in [2.45, 2.75) is 44.0 Å². The van der Waals surface area contributed by atoms with Gasteiger partial charge in [0, 0.05) is 10.5 Å². The Balaban J connectivity index is 2.22. The monoisotopic (exact) mass is 331 g/mol. The minimum Gasteiger partial charge on any atom is -0.208 e. The number of halogens is 1. The number of hydrogen-bond acceptors (Lipinski definition) is 2. The number of hydrogen-bond donors (Lipinski definition) is 1. The van der Waals surface area contributed by atoms with E-state index >= 15 is 0 Å². The topological polar surface area (TPSA) is 46.2 Å². The average molecular weight is 332 g/mol. The van der Waals surface area contributed by atoms with Crippen LogP contribution in [0.2, 0.25) is 0 Å². The zero-order valence-electron chi connectivity index (χ0n) is 10.6. The Bertz CT molecular complexity index is 542. The summed E-state index contributed by atoms with van der Waals surface area (Å²) in [5.74, 6) is 0.427. The van der Waals surface area contributed by atoms with Gasteiger partial charge in [-0.25, -0.2) is 13.1 Å². The molecule has 1 aromatic carbocycles.